The van der Waals surface area contributed by atoms with E-state index in [2.05, 4.69) is 47.8 Å². The summed E-state index contributed by atoms with van der Waals surface area (Å²) in [5, 5.41) is 3.50. The predicted molar refractivity (Wildman–Crippen MR) is 76.8 cm³/mol. The summed E-state index contributed by atoms with van der Waals surface area (Å²) in [6, 6.07) is 5.02. The molecule has 0 atom stereocenters. The van der Waals surface area contributed by atoms with E-state index >= 15 is 0 Å². The number of anilines is 1. The summed E-state index contributed by atoms with van der Waals surface area (Å²) in [7, 11) is 0. The third-order valence-electron chi connectivity index (χ3n) is 3.15. The van der Waals surface area contributed by atoms with Crippen LogP contribution in [-0.2, 0) is 6.54 Å². The first-order valence-electron chi connectivity index (χ1n) is 6.76. The van der Waals surface area contributed by atoms with Gasteiger partial charge in [-0.05, 0) is 38.3 Å². The summed E-state index contributed by atoms with van der Waals surface area (Å²) in [4.78, 5) is 6.78. The first kappa shape index (κ1) is 13.1. The fraction of sp³-hybridized carbons (Fsp3) is 0.533. The molecule has 1 aliphatic carbocycles. The number of nitrogens with zero attached hydrogens (tertiary/aromatic N) is 2. The summed E-state index contributed by atoms with van der Waals surface area (Å²) in [6.45, 7) is 10.9. The minimum Gasteiger partial charge on any atom is -0.353 e. The molecule has 1 aromatic heterocycles. The van der Waals surface area contributed by atoms with E-state index in [1.165, 1.54) is 18.4 Å². The third-order valence-corrected chi connectivity index (χ3v) is 3.15. The average Bonchev–Trinajstić information content (AvgIpc) is 3.18. The third kappa shape index (κ3) is 3.84. The Labute approximate surface area is 110 Å². The Balaban J connectivity index is 1.93. The van der Waals surface area contributed by atoms with Crippen molar-refractivity contribution in [3.63, 3.8) is 0 Å². The molecule has 0 bridgehead atoms. The number of hydrogen-bond acceptors (Lipinski definition) is 3. The molecule has 18 heavy (non-hydrogen) atoms. The van der Waals surface area contributed by atoms with Crippen LogP contribution in [0.2, 0.25) is 0 Å². The molecule has 1 aliphatic rings. The highest BCUT2D eigenvalue weighted by molar-refractivity contribution is 5.40. The smallest absolute Gasteiger partial charge is 0.128 e. The lowest BCUT2D eigenvalue weighted by molar-refractivity contribution is 0.685. The molecule has 0 aromatic carbocycles. The van der Waals surface area contributed by atoms with Gasteiger partial charge in [-0.25, -0.2) is 4.98 Å². The summed E-state index contributed by atoms with van der Waals surface area (Å²) in [5.41, 5.74) is 2.43. The average molecular weight is 245 g/mol. The van der Waals surface area contributed by atoms with Gasteiger partial charge < -0.3 is 10.2 Å². The molecule has 0 unspecified atom stereocenters. The Morgan fingerprint density at radius 2 is 2.28 bits per heavy atom. The molecule has 1 N–H and O–H groups in total. The van der Waals surface area contributed by atoms with Gasteiger partial charge in [0.05, 0.1) is 0 Å². The van der Waals surface area contributed by atoms with Gasteiger partial charge in [0.1, 0.15) is 5.82 Å². The first-order valence-corrected chi connectivity index (χ1v) is 6.76. The maximum Gasteiger partial charge on any atom is 0.128 e. The molecule has 98 valence electrons. The lowest BCUT2D eigenvalue weighted by Crippen LogP contribution is -2.25. The van der Waals surface area contributed by atoms with E-state index in [0.29, 0.717) is 0 Å². The Kier molecular flexibility index (Phi) is 4.37. The number of aromatic nitrogens is 1. The predicted octanol–water partition coefficient (Wildman–Crippen LogP) is 2.74. The van der Waals surface area contributed by atoms with Crippen molar-refractivity contribution in [1.82, 2.24) is 10.3 Å². The largest absolute Gasteiger partial charge is 0.353 e. The second-order valence-electron chi connectivity index (χ2n) is 5.15. The van der Waals surface area contributed by atoms with Gasteiger partial charge in [-0.3, -0.25) is 0 Å². The molecule has 0 spiro atoms. The topological polar surface area (TPSA) is 28.2 Å². The van der Waals surface area contributed by atoms with Crippen LogP contribution in [0, 0.1) is 0 Å². The van der Waals surface area contributed by atoms with Gasteiger partial charge in [-0.15, -0.1) is 0 Å². The van der Waals surface area contributed by atoms with Crippen LogP contribution in [0.5, 0.6) is 0 Å². The molecule has 0 amide bonds. The zero-order valence-electron chi connectivity index (χ0n) is 11.4. The van der Waals surface area contributed by atoms with E-state index in [1.807, 2.05) is 6.20 Å². The van der Waals surface area contributed by atoms with E-state index in [1.54, 1.807) is 0 Å². The fourth-order valence-electron chi connectivity index (χ4n) is 1.94. The molecule has 2 rings (SSSR count). The zero-order valence-corrected chi connectivity index (χ0v) is 11.4. The van der Waals surface area contributed by atoms with Crippen molar-refractivity contribution in [2.24, 2.45) is 0 Å². The Morgan fingerprint density at radius 3 is 2.78 bits per heavy atom. The van der Waals surface area contributed by atoms with Crippen LogP contribution in [-0.4, -0.2) is 24.1 Å². The quantitative estimate of drug-likeness (QED) is 0.749. The minimum atomic E-state index is 0.750. The highest BCUT2D eigenvalue weighted by Gasteiger charge is 2.19. The number of pyridine rings is 1. The number of rotatable bonds is 7. The van der Waals surface area contributed by atoms with Crippen molar-refractivity contribution >= 4 is 5.82 Å². The maximum atomic E-state index is 4.55. The van der Waals surface area contributed by atoms with Crippen molar-refractivity contribution in [3.05, 3.63) is 36.0 Å². The van der Waals surface area contributed by atoms with Crippen LogP contribution >= 0.6 is 0 Å². The van der Waals surface area contributed by atoms with Gasteiger partial charge in [-0.1, -0.05) is 18.2 Å². The molecule has 1 fully saturated rings. The number of nitrogens with one attached hydrogen (secondary N) is 1. The molecule has 0 saturated heterocycles. The lowest BCUT2D eigenvalue weighted by Gasteiger charge is -2.22. The maximum absolute atomic E-state index is 4.55. The van der Waals surface area contributed by atoms with Crippen LogP contribution in [0.4, 0.5) is 5.82 Å². The van der Waals surface area contributed by atoms with Crippen molar-refractivity contribution in [3.8, 4) is 0 Å². The van der Waals surface area contributed by atoms with Gasteiger partial charge in [0, 0.05) is 31.9 Å². The molecule has 1 heterocycles. The second-order valence-corrected chi connectivity index (χ2v) is 5.15. The Morgan fingerprint density at radius 1 is 1.50 bits per heavy atom. The minimum absolute atomic E-state index is 0.750. The Bertz CT molecular complexity index is 393. The normalized spacial score (nSPS) is 14.6. The number of likely N-dealkylation sites (N-methyl/N-ethyl adjacent to an activating group) is 1. The monoisotopic (exact) mass is 245 g/mol. The van der Waals surface area contributed by atoms with Gasteiger partial charge in [0.2, 0.25) is 0 Å². The Hall–Kier alpha value is -1.35. The van der Waals surface area contributed by atoms with Crippen molar-refractivity contribution in [2.75, 3.05) is 18.0 Å². The van der Waals surface area contributed by atoms with Gasteiger partial charge in [0.15, 0.2) is 0 Å². The fourth-order valence-corrected chi connectivity index (χ4v) is 1.94. The molecule has 3 nitrogen and oxygen atoms in total. The van der Waals surface area contributed by atoms with E-state index in [9.17, 15) is 0 Å². The molecular weight excluding hydrogens is 222 g/mol. The van der Waals surface area contributed by atoms with Crippen molar-refractivity contribution in [2.45, 2.75) is 39.3 Å². The van der Waals surface area contributed by atoms with Crippen LogP contribution < -0.4 is 10.2 Å². The van der Waals surface area contributed by atoms with E-state index in [4.69, 9.17) is 0 Å². The molecular formula is C15H23N3. The molecule has 0 radical (unpaired) electrons. The summed E-state index contributed by atoms with van der Waals surface area (Å²) in [5.74, 6) is 1.04. The van der Waals surface area contributed by atoms with Crippen LogP contribution in [0.25, 0.3) is 0 Å². The zero-order chi connectivity index (χ0) is 13.0. The highest BCUT2D eigenvalue weighted by Crippen LogP contribution is 2.19. The highest BCUT2D eigenvalue weighted by atomic mass is 15.2. The molecule has 3 heteroatoms. The van der Waals surface area contributed by atoms with Gasteiger partial charge in [0.25, 0.3) is 0 Å². The molecule has 1 saturated carbocycles. The molecule has 0 aliphatic heterocycles. The molecule has 1 aromatic rings. The van der Waals surface area contributed by atoms with Crippen LogP contribution in [0.1, 0.15) is 32.3 Å². The van der Waals surface area contributed by atoms with Crippen LogP contribution in [0.3, 0.4) is 0 Å². The SMILES string of the molecule is C=C(C)CN(CC)c1ccc(CNC2CC2)cn1. The van der Waals surface area contributed by atoms with Gasteiger partial charge >= 0.3 is 0 Å². The van der Waals surface area contributed by atoms with Crippen LogP contribution in [0.15, 0.2) is 30.5 Å². The van der Waals surface area contributed by atoms with Gasteiger partial charge in [-0.2, -0.15) is 0 Å². The lowest BCUT2D eigenvalue weighted by atomic mass is 10.2. The second kappa shape index (κ2) is 6.01. The van der Waals surface area contributed by atoms with Crippen molar-refractivity contribution in [1.29, 1.82) is 0 Å². The van der Waals surface area contributed by atoms with E-state index < -0.39 is 0 Å². The standard InChI is InChI=1S/C15H23N3/c1-4-18(11-12(2)3)15-8-5-13(10-17-15)9-16-14-6-7-14/h5,8,10,14,16H,2,4,6-7,9,11H2,1,3H3. The van der Waals surface area contributed by atoms with E-state index in [-0.39, 0.29) is 0 Å². The van der Waals surface area contributed by atoms with Crippen molar-refractivity contribution < 1.29 is 0 Å². The summed E-state index contributed by atoms with van der Waals surface area (Å²) < 4.78 is 0. The van der Waals surface area contributed by atoms with E-state index in [0.717, 1.165) is 37.1 Å². The first-order chi connectivity index (χ1) is 8.69. The summed E-state index contributed by atoms with van der Waals surface area (Å²) in [6.07, 6.45) is 4.63. The number of hydrogen-bond donors (Lipinski definition) is 1. The summed E-state index contributed by atoms with van der Waals surface area (Å²) >= 11 is 0.